The molecule has 1 N–H and O–H groups in total. The molecule has 2 aliphatic heterocycles. The van der Waals surface area contributed by atoms with Crippen LogP contribution >= 0.6 is 0 Å². The van der Waals surface area contributed by atoms with E-state index < -0.39 is 29.3 Å². The van der Waals surface area contributed by atoms with E-state index in [1.807, 2.05) is 6.92 Å². The van der Waals surface area contributed by atoms with Crippen molar-refractivity contribution in [2.45, 2.75) is 77.2 Å². The maximum Gasteiger partial charge on any atom is 0.330 e. The summed E-state index contributed by atoms with van der Waals surface area (Å²) in [5.74, 6) is -0.683. The fraction of sp³-hybridized carbons (Fsp3) is 0.556. The molecule has 1 unspecified atom stereocenters. The maximum atomic E-state index is 12.3. The Balaban J connectivity index is 1.12. The molecule has 1 saturated heterocycles. The van der Waals surface area contributed by atoms with Gasteiger partial charge in [0.05, 0.1) is 23.8 Å². The molecule has 0 aliphatic carbocycles. The molecule has 2 amide bonds. The van der Waals surface area contributed by atoms with E-state index in [2.05, 4.69) is 11.9 Å². The van der Waals surface area contributed by atoms with Gasteiger partial charge >= 0.3 is 5.69 Å². The molecule has 37 heavy (non-hydrogen) atoms. The molecular formula is C27H35N3O7. The van der Waals surface area contributed by atoms with Crippen LogP contribution in [0.1, 0.15) is 85.7 Å². The number of aromatic amines is 1. The van der Waals surface area contributed by atoms with Crippen molar-refractivity contribution < 1.29 is 23.9 Å². The highest BCUT2D eigenvalue weighted by Gasteiger charge is 2.43. The van der Waals surface area contributed by atoms with Gasteiger partial charge in [0.1, 0.15) is 6.10 Å². The molecule has 10 nitrogen and oxygen atoms in total. The third-order valence-corrected chi connectivity index (χ3v) is 7.05. The number of H-pyrrole nitrogens is 1. The lowest BCUT2D eigenvalue weighted by atomic mass is 9.98. The Bertz CT molecular complexity index is 1170. The van der Waals surface area contributed by atoms with Gasteiger partial charge in [-0.05, 0) is 31.4 Å². The summed E-state index contributed by atoms with van der Waals surface area (Å²) in [7, 11) is 0. The summed E-state index contributed by atoms with van der Waals surface area (Å²) < 4.78 is 13.7. The van der Waals surface area contributed by atoms with Crippen LogP contribution in [-0.2, 0) is 14.3 Å². The molecule has 0 radical (unpaired) electrons. The van der Waals surface area contributed by atoms with Crippen molar-refractivity contribution in [2.75, 3.05) is 13.2 Å². The minimum Gasteiger partial charge on any atom is -0.373 e. The van der Waals surface area contributed by atoms with Gasteiger partial charge in [-0.15, -0.1) is 5.06 Å². The van der Waals surface area contributed by atoms with Crippen molar-refractivity contribution in [2.24, 2.45) is 5.92 Å². The number of amides is 2. The number of nitrogens with zero attached hydrogens (tertiary/aromatic N) is 2. The summed E-state index contributed by atoms with van der Waals surface area (Å²) in [5.41, 5.74) is -0.167. The van der Waals surface area contributed by atoms with Gasteiger partial charge in [0.15, 0.2) is 6.23 Å². The first-order valence-electron chi connectivity index (χ1n) is 13.1. The minimum absolute atomic E-state index is 0.0173. The molecule has 0 bridgehead atoms. The van der Waals surface area contributed by atoms with Crippen LogP contribution in [0.5, 0.6) is 0 Å². The van der Waals surface area contributed by atoms with Gasteiger partial charge in [-0.1, -0.05) is 51.7 Å². The number of fused-ring (bicyclic) bond motifs is 1. The molecular weight excluding hydrogens is 478 g/mol. The number of ether oxygens (including phenoxy) is 2. The van der Waals surface area contributed by atoms with Gasteiger partial charge in [-0.25, -0.2) is 4.79 Å². The van der Waals surface area contributed by atoms with E-state index in [-0.39, 0.29) is 18.1 Å². The lowest BCUT2D eigenvalue weighted by Crippen LogP contribution is -2.37. The predicted molar refractivity (Wildman–Crippen MR) is 135 cm³/mol. The van der Waals surface area contributed by atoms with Crippen LogP contribution in [0.4, 0.5) is 0 Å². The number of carbonyl (C=O) groups excluding carboxylic acids is 2. The monoisotopic (exact) mass is 513 g/mol. The van der Waals surface area contributed by atoms with Crippen LogP contribution < -0.4 is 11.2 Å². The van der Waals surface area contributed by atoms with Crippen LogP contribution in [0.25, 0.3) is 0 Å². The first-order chi connectivity index (χ1) is 17.9. The number of hydroxylamine groups is 2. The highest BCUT2D eigenvalue weighted by atomic mass is 16.7. The number of imide groups is 1. The molecule has 1 aromatic heterocycles. The molecule has 1 fully saturated rings. The van der Waals surface area contributed by atoms with E-state index in [1.54, 1.807) is 24.3 Å². The van der Waals surface area contributed by atoms with Gasteiger partial charge in [0.25, 0.3) is 17.4 Å². The van der Waals surface area contributed by atoms with Crippen molar-refractivity contribution in [3.63, 3.8) is 0 Å². The van der Waals surface area contributed by atoms with E-state index in [0.29, 0.717) is 24.3 Å². The molecule has 3 heterocycles. The zero-order chi connectivity index (χ0) is 26.4. The Morgan fingerprint density at radius 2 is 1.51 bits per heavy atom. The second kappa shape index (κ2) is 12.4. The van der Waals surface area contributed by atoms with Crippen molar-refractivity contribution in [1.82, 2.24) is 14.6 Å². The smallest absolute Gasteiger partial charge is 0.330 e. The number of benzene rings is 1. The Labute approximate surface area is 215 Å². The normalized spacial score (nSPS) is 23.1. The van der Waals surface area contributed by atoms with Crippen LogP contribution in [0.15, 0.2) is 46.1 Å². The van der Waals surface area contributed by atoms with Crippen molar-refractivity contribution in [1.29, 1.82) is 0 Å². The topological polar surface area (TPSA) is 120 Å². The molecule has 10 heteroatoms. The van der Waals surface area contributed by atoms with Crippen molar-refractivity contribution in [3.8, 4) is 0 Å². The van der Waals surface area contributed by atoms with Crippen LogP contribution in [0.3, 0.4) is 0 Å². The maximum absolute atomic E-state index is 12.3. The molecule has 2 aliphatic rings. The fourth-order valence-corrected chi connectivity index (χ4v) is 4.98. The van der Waals surface area contributed by atoms with Gasteiger partial charge in [-0.3, -0.25) is 28.8 Å². The molecule has 2 aromatic rings. The van der Waals surface area contributed by atoms with Crippen LogP contribution in [0.2, 0.25) is 0 Å². The van der Waals surface area contributed by atoms with Crippen molar-refractivity contribution >= 4 is 11.8 Å². The zero-order valence-corrected chi connectivity index (χ0v) is 21.4. The summed E-state index contributed by atoms with van der Waals surface area (Å²) in [6.45, 7) is 4.99. The first kappa shape index (κ1) is 27.0. The Morgan fingerprint density at radius 1 is 0.892 bits per heavy atom. The van der Waals surface area contributed by atoms with Gasteiger partial charge < -0.3 is 9.47 Å². The average molecular weight is 514 g/mol. The highest BCUT2D eigenvalue weighted by molar-refractivity contribution is 6.20. The Morgan fingerprint density at radius 3 is 2.14 bits per heavy atom. The summed E-state index contributed by atoms with van der Waals surface area (Å²) in [6, 6.07) is 8.05. The lowest BCUT2D eigenvalue weighted by Gasteiger charge is -2.23. The van der Waals surface area contributed by atoms with Crippen LogP contribution in [0, 0.1) is 5.92 Å². The van der Waals surface area contributed by atoms with E-state index in [1.165, 1.54) is 16.8 Å². The number of aromatic nitrogens is 2. The number of unbranched alkanes of at least 4 members (excludes halogenated alkanes) is 5. The quantitative estimate of drug-likeness (QED) is 0.322. The second-order valence-corrected chi connectivity index (χ2v) is 9.59. The minimum atomic E-state index is -0.563. The van der Waals surface area contributed by atoms with Gasteiger partial charge in [0.2, 0.25) is 0 Å². The van der Waals surface area contributed by atoms with Gasteiger partial charge in [0, 0.05) is 24.8 Å². The molecule has 0 spiro atoms. The number of hydrogen-bond donors (Lipinski definition) is 1. The molecule has 0 saturated carbocycles. The SMILES string of the molecule is CC[C@H]1O[C@@H](n2ccc(=O)[nH]c2=O)[C@@H](OCCCCCCCCON2C(=O)c3ccccc3C2=O)C1C. The van der Waals surface area contributed by atoms with Crippen LogP contribution in [-0.4, -0.2) is 51.9 Å². The lowest BCUT2D eigenvalue weighted by molar-refractivity contribution is -0.0923. The molecule has 1 aromatic carbocycles. The largest absolute Gasteiger partial charge is 0.373 e. The summed E-state index contributed by atoms with van der Waals surface area (Å²) in [5, 5.41) is 0.868. The zero-order valence-electron chi connectivity index (χ0n) is 21.4. The van der Waals surface area contributed by atoms with Gasteiger partial charge in [-0.2, -0.15) is 0 Å². The average Bonchev–Trinajstić information content (AvgIpc) is 3.33. The third-order valence-electron chi connectivity index (χ3n) is 7.05. The predicted octanol–water partition coefficient (Wildman–Crippen LogP) is 3.43. The van der Waals surface area contributed by atoms with E-state index in [9.17, 15) is 19.2 Å². The summed E-state index contributed by atoms with van der Waals surface area (Å²) in [6.07, 6.45) is 7.06. The third kappa shape index (κ3) is 6.08. The summed E-state index contributed by atoms with van der Waals surface area (Å²) in [4.78, 5) is 56.0. The number of nitrogens with one attached hydrogen (secondary N) is 1. The Kier molecular flexibility index (Phi) is 9.07. The van der Waals surface area contributed by atoms with Crippen molar-refractivity contribution in [3.05, 3.63) is 68.5 Å². The standard InChI is InChI=1S/C27H35N3O7/c1-3-21-18(2)23(26(37-21)29-15-14-22(31)28-27(29)34)35-16-10-6-4-5-7-11-17-36-30-24(32)19-12-8-9-13-20(19)25(30)33/h8-9,12-15,18,21,23,26H,3-7,10-11,16-17H2,1-2H3,(H,28,31,34)/t18?,21-,23+,26-/m1/s1. The highest BCUT2D eigenvalue weighted by Crippen LogP contribution is 2.36. The molecule has 200 valence electrons. The van der Waals surface area contributed by atoms with E-state index in [0.717, 1.165) is 50.0 Å². The Hall–Kier alpha value is -3.08. The molecule has 4 atom stereocenters. The first-order valence-corrected chi connectivity index (χ1v) is 13.1. The summed E-state index contributed by atoms with van der Waals surface area (Å²) >= 11 is 0. The number of hydrogen-bond acceptors (Lipinski definition) is 7. The second-order valence-electron chi connectivity index (χ2n) is 9.59. The van der Waals surface area contributed by atoms with E-state index in [4.69, 9.17) is 14.3 Å². The number of carbonyl (C=O) groups is 2. The number of rotatable bonds is 13. The fourth-order valence-electron chi connectivity index (χ4n) is 4.98. The van der Waals surface area contributed by atoms with E-state index >= 15 is 0 Å². The molecule has 4 rings (SSSR count).